The molecule has 0 aliphatic heterocycles. The van der Waals surface area contributed by atoms with Crippen LogP contribution in [0.1, 0.15) is 40.0 Å². The maximum atomic E-state index is 9.99. The molecule has 0 spiro atoms. The zero-order valence-electron chi connectivity index (χ0n) is 7.84. The van der Waals surface area contributed by atoms with Crippen molar-refractivity contribution < 1.29 is 0 Å². The first-order valence-corrected chi connectivity index (χ1v) is 4.55. The highest BCUT2D eigenvalue weighted by atomic mass is 16.3. The Morgan fingerprint density at radius 1 is 1.36 bits per heavy atom. The fourth-order valence-corrected chi connectivity index (χ4v) is 1.53. The number of hydrogen-bond acceptors (Lipinski definition) is 2. The van der Waals surface area contributed by atoms with Crippen molar-refractivity contribution in [2.75, 3.05) is 6.54 Å². The fourth-order valence-electron chi connectivity index (χ4n) is 1.53. The summed E-state index contributed by atoms with van der Waals surface area (Å²) < 4.78 is 0. The molecule has 2 nitrogen and oxygen atoms in total. The summed E-state index contributed by atoms with van der Waals surface area (Å²) in [6, 6.07) is 0. The van der Waals surface area contributed by atoms with Crippen molar-refractivity contribution in [3.63, 3.8) is 0 Å². The average molecular weight is 157 g/mol. The molecule has 0 amide bonds. The van der Waals surface area contributed by atoms with Gasteiger partial charge in [0.15, 0.2) is 0 Å². The predicted octanol–water partition coefficient (Wildman–Crippen LogP) is 3.22. The number of hydrogen-bond donors (Lipinski definition) is 0. The Labute approximate surface area is 69.4 Å². The normalized spacial score (nSPS) is 15.9. The van der Waals surface area contributed by atoms with Crippen LogP contribution in [0.25, 0.3) is 0 Å². The first-order valence-electron chi connectivity index (χ1n) is 4.55. The van der Waals surface area contributed by atoms with Crippen molar-refractivity contribution in [3.8, 4) is 0 Å². The predicted molar refractivity (Wildman–Crippen MR) is 48.5 cm³/mol. The van der Waals surface area contributed by atoms with Crippen molar-refractivity contribution >= 4 is 0 Å². The quantitative estimate of drug-likeness (QED) is 0.544. The van der Waals surface area contributed by atoms with Crippen LogP contribution in [-0.2, 0) is 0 Å². The lowest BCUT2D eigenvalue weighted by molar-refractivity contribution is 0.330. The van der Waals surface area contributed by atoms with Crippen molar-refractivity contribution in [2.24, 2.45) is 17.0 Å². The van der Waals surface area contributed by atoms with E-state index in [1.807, 2.05) is 0 Å². The second kappa shape index (κ2) is 6.32. The van der Waals surface area contributed by atoms with Crippen LogP contribution >= 0.6 is 0 Å². The SMILES string of the molecule is CCCC(CC)C(C)CN=O. The molecule has 2 unspecified atom stereocenters. The Bertz CT molecular complexity index is 104. The lowest BCUT2D eigenvalue weighted by Crippen LogP contribution is -2.13. The summed E-state index contributed by atoms with van der Waals surface area (Å²) in [5.74, 6) is 1.16. The molecule has 0 aliphatic carbocycles. The molecule has 66 valence electrons. The molecule has 0 aromatic rings. The highest BCUT2D eigenvalue weighted by Crippen LogP contribution is 2.20. The van der Waals surface area contributed by atoms with Gasteiger partial charge in [-0.3, -0.25) is 0 Å². The largest absolute Gasteiger partial charge is 0.151 e. The van der Waals surface area contributed by atoms with Crippen molar-refractivity contribution in [2.45, 2.75) is 40.0 Å². The van der Waals surface area contributed by atoms with E-state index in [9.17, 15) is 4.91 Å². The molecule has 0 aliphatic rings. The molecule has 2 atom stereocenters. The summed E-state index contributed by atoms with van der Waals surface area (Å²) in [7, 11) is 0. The maximum Gasteiger partial charge on any atom is 0.0839 e. The van der Waals surface area contributed by atoms with Gasteiger partial charge in [-0.25, -0.2) is 0 Å². The minimum absolute atomic E-state index is 0.470. The van der Waals surface area contributed by atoms with Gasteiger partial charge in [0.25, 0.3) is 0 Å². The first-order chi connectivity index (χ1) is 5.26. The van der Waals surface area contributed by atoms with Crippen LogP contribution in [0.3, 0.4) is 0 Å². The fraction of sp³-hybridized carbons (Fsp3) is 1.00. The van der Waals surface area contributed by atoms with Gasteiger partial charge in [0, 0.05) is 0 Å². The van der Waals surface area contributed by atoms with Crippen LogP contribution < -0.4 is 0 Å². The molecule has 0 aromatic carbocycles. The summed E-state index contributed by atoms with van der Waals surface area (Å²) >= 11 is 0. The summed E-state index contributed by atoms with van der Waals surface area (Å²) in [6.45, 7) is 6.97. The monoisotopic (exact) mass is 157 g/mol. The average Bonchev–Trinajstić information content (AvgIpc) is 2.00. The van der Waals surface area contributed by atoms with Crippen molar-refractivity contribution in [1.82, 2.24) is 0 Å². The number of nitroso groups, excluding NO2 is 1. The van der Waals surface area contributed by atoms with Crippen LogP contribution in [-0.4, -0.2) is 6.54 Å². The first kappa shape index (κ1) is 10.6. The van der Waals surface area contributed by atoms with Gasteiger partial charge in [-0.1, -0.05) is 45.2 Å². The minimum Gasteiger partial charge on any atom is -0.151 e. The lowest BCUT2D eigenvalue weighted by Gasteiger charge is -2.18. The molecule has 0 rings (SSSR count). The molecule has 11 heavy (non-hydrogen) atoms. The Morgan fingerprint density at radius 2 is 2.00 bits per heavy atom. The highest BCUT2D eigenvalue weighted by Gasteiger charge is 2.13. The van der Waals surface area contributed by atoms with E-state index in [0.717, 1.165) is 0 Å². The van der Waals surface area contributed by atoms with Crippen LogP contribution in [0.15, 0.2) is 5.18 Å². The summed E-state index contributed by atoms with van der Waals surface area (Å²) in [5, 5.41) is 2.94. The van der Waals surface area contributed by atoms with Gasteiger partial charge in [0.1, 0.15) is 0 Å². The Kier molecular flexibility index (Phi) is 6.09. The maximum absolute atomic E-state index is 9.99. The smallest absolute Gasteiger partial charge is 0.0839 e. The second-order valence-corrected chi connectivity index (χ2v) is 3.25. The number of nitrogens with zero attached hydrogens (tertiary/aromatic N) is 1. The van der Waals surface area contributed by atoms with Gasteiger partial charge in [0.05, 0.1) is 6.54 Å². The van der Waals surface area contributed by atoms with E-state index in [4.69, 9.17) is 0 Å². The van der Waals surface area contributed by atoms with Gasteiger partial charge in [-0.15, -0.1) is 0 Å². The van der Waals surface area contributed by atoms with Gasteiger partial charge < -0.3 is 0 Å². The molecule has 0 aromatic heterocycles. The van der Waals surface area contributed by atoms with E-state index in [2.05, 4.69) is 25.9 Å². The van der Waals surface area contributed by atoms with E-state index in [-0.39, 0.29) is 0 Å². The van der Waals surface area contributed by atoms with Gasteiger partial charge >= 0.3 is 0 Å². The molecular formula is C9H19NO. The molecule has 0 bridgehead atoms. The zero-order valence-corrected chi connectivity index (χ0v) is 7.84. The zero-order chi connectivity index (χ0) is 8.69. The van der Waals surface area contributed by atoms with Gasteiger partial charge in [-0.2, -0.15) is 4.91 Å². The van der Waals surface area contributed by atoms with E-state index in [0.29, 0.717) is 18.4 Å². The summed E-state index contributed by atoms with van der Waals surface area (Å²) in [5.41, 5.74) is 0. The molecule has 0 radical (unpaired) electrons. The Hall–Kier alpha value is -0.400. The van der Waals surface area contributed by atoms with E-state index in [1.54, 1.807) is 0 Å². The van der Waals surface area contributed by atoms with E-state index in [1.165, 1.54) is 19.3 Å². The number of rotatable bonds is 6. The molecule has 0 fully saturated rings. The molecular weight excluding hydrogens is 138 g/mol. The van der Waals surface area contributed by atoms with Crippen LogP contribution in [0.2, 0.25) is 0 Å². The van der Waals surface area contributed by atoms with Crippen LogP contribution in [0, 0.1) is 16.7 Å². The molecule has 0 saturated carbocycles. The third kappa shape index (κ3) is 4.12. The molecule has 0 heterocycles. The summed E-state index contributed by atoms with van der Waals surface area (Å²) in [6.07, 6.45) is 3.61. The minimum atomic E-state index is 0.470. The summed E-state index contributed by atoms with van der Waals surface area (Å²) in [4.78, 5) is 9.99. The topological polar surface area (TPSA) is 29.4 Å². The lowest BCUT2D eigenvalue weighted by atomic mass is 9.88. The third-order valence-corrected chi connectivity index (χ3v) is 2.35. The van der Waals surface area contributed by atoms with Gasteiger partial charge in [0.2, 0.25) is 0 Å². The van der Waals surface area contributed by atoms with Crippen LogP contribution in [0.5, 0.6) is 0 Å². The Balaban J connectivity index is 3.70. The van der Waals surface area contributed by atoms with Crippen LogP contribution in [0.4, 0.5) is 0 Å². The Morgan fingerprint density at radius 3 is 2.36 bits per heavy atom. The van der Waals surface area contributed by atoms with Gasteiger partial charge in [-0.05, 0) is 11.8 Å². The molecule has 2 heteroatoms. The van der Waals surface area contributed by atoms with E-state index >= 15 is 0 Å². The highest BCUT2D eigenvalue weighted by molar-refractivity contribution is 4.66. The van der Waals surface area contributed by atoms with E-state index < -0.39 is 0 Å². The van der Waals surface area contributed by atoms with Crippen molar-refractivity contribution in [3.05, 3.63) is 4.91 Å². The third-order valence-electron chi connectivity index (χ3n) is 2.35. The molecule has 0 saturated heterocycles. The molecule has 0 N–H and O–H groups in total. The second-order valence-electron chi connectivity index (χ2n) is 3.25. The standard InChI is InChI=1S/C9H19NO/c1-4-6-9(5-2)8(3)7-10-11/h8-9H,4-7H2,1-3H3. The van der Waals surface area contributed by atoms with Crippen molar-refractivity contribution in [1.29, 1.82) is 0 Å².